The Balaban J connectivity index is 1.69. The summed E-state index contributed by atoms with van der Waals surface area (Å²) in [4.78, 5) is 27.1. The first kappa shape index (κ1) is 14.1. The number of nitrogens with zero attached hydrogens (tertiary/aromatic N) is 1. The second-order valence-electron chi connectivity index (χ2n) is 4.58. The van der Waals surface area contributed by atoms with Crippen molar-refractivity contribution in [1.29, 1.82) is 0 Å². The predicted octanol–water partition coefficient (Wildman–Crippen LogP) is 4.03. The van der Waals surface area contributed by atoms with Gasteiger partial charge in [-0.1, -0.05) is 36.4 Å². The van der Waals surface area contributed by atoms with Gasteiger partial charge in [0.2, 0.25) is 0 Å². The zero-order chi connectivity index (χ0) is 14.7. The van der Waals surface area contributed by atoms with Crippen molar-refractivity contribution in [2.24, 2.45) is 0 Å². The van der Waals surface area contributed by atoms with Crippen LogP contribution in [0.1, 0.15) is 10.4 Å². The number of amides is 2. The molecule has 3 rings (SSSR count). The van der Waals surface area contributed by atoms with E-state index >= 15 is 0 Å². The zero-order valence-electron chi connectivity index (χ0n) is 11.2. The summed E-state index contributed by atoms with van der Waals surface area (Å²) in [5, 5.41) is 1.77. The van der Waals surface area contributed by atoms with Crippen molar-refractivity contribution in [3.8, 4) is 0 Å². The maximum atomic E-state index is 12.3. The maximum Gasteiger partial charge on any atom is 0.293 e. The van der Waals surface area contributed by atoms with Gasteiger partial charge in [-0.3, -0.25) is 14.5 Å². The molecule has 0 bridgehead atoms. The molecule has 0 saturated carbocycles. The third-order valence-corrected chi connectivity index (χ3v) is 4.88. The highest BCUT2D eigenvalue weighted by molar-refractivity contribution is 8.18. The van der Waals surface area contributed by atoms with Crippen LogP contribution in [0.4, 0.5) is 4.79 Å². The number of hydrogen-bond donors (Lipinski definition) is 0. The molecule has 3 nitrogen and oxygen atoms in total. The maximum absolute atomic E-state index is 12.3. The Morgan fingerprint density at radius 1 is 1.05 bits per heavy atom. The molecule has 1 aromatic heterocycles. The molecule has 21 heavy (non-hydrogen) atoms. The van der Waals surface area contributed by atoms with Crippen LogP contribution in [0.25, 0.3) is 6.08 Å². The minimum atomic E-state index is -0.186. The fourth-order valence-corrected chi connectivity index (χ4v) is 3.67. The van der Waals surface area contributed by atoms with E-state index in [0.717, 1.165) is 22.2 Å². The van der Waals surface area contributed by atoms with E-state index in [9.17, 15) is 9.59 Å². The summed E-state index contributed by atoms with van der Waals surface area (Å²) in [6.07, 6.45) is 2.48. The molecule has 0 unspecified atom stereocenters. The Kier molecular flexibility index (Phi) is 4.22. The molecule has 1 fully saturated rings. The molecule has 1 saturated heterocycles. The van der Waals surface area contributed by atoms with E-state index in [1.54, 1.807) is 17.4 Å². The molecule has 5 heteroatoms. The number of thioether (sulfide) groups is 1. The second-order valence-corrected chi connectivity index (χ2v) is 6.56. The largest absolute Gasteiger partial charge is 0.293 e. The number of rotatable bonds is 4. The van der Waals surface area contributed by atoms with Crippen LogP contribution < -0.4 is 0 Å². The Labute approximate surface area is 131 Å². The first-order chi connectivity index (χ1) is 10.2. The molecule has 0 radical (unpaired) electrons. The fraction of sp³-hybridized carbons (Fsp3) is 0.125. The van der Waals surface area contributed by atoms with Crippen molar-refractivity contribution in [3.63, 3.8) is 0 Å². The summed E-state index contributed by atoms with van der Waals surface area (Å²) in [6.45, 7) is 0.427. The van der Waals surface area contributed by atoms with Gasteiger partial charge < -0.3 is 0 Å². The molecule has 2 amide bonds. The van der Waals surface area contributed by atoms with Crippen LogP contribution in [-0.4, -0.2) is 22.6 Å². The lowest BCUT2D eigenvalue weighted by atomic mass is 10.1. The highest BCUT2D eigenvalue weighted by Gasteiger charge is 2.34. The molecule has 0 aliphatic carbocycles. The third-order valence-electron chi connectivity index (χ3n) is 3.16. The number of hydrogen-bond acceptors (Lipinski definition) is 4. The molecule has 2 heterocycles. The molecule has 0 N–H and O–H groups in total. The summed E-state index contributed by atoms with van der Waals surface area (Å²) in [5.74, 6) is -0.186. The highest BCUT2D eigenvalue weighted by Crippen LogP contribution is 2.32. The van der Waals surface area contributed by atoms with Gasteiger partial charge in [-0.15, -0.1) is 11.3 Å². The van der Waals surface area contributed by atoms with Gasteiger partial charge in [0.05, 0.1) is 4.91 Å². The highest BCUT2D eigenvalue weighted by atomic mass is 32.2. The van der Waals surface area contributed by atoms with E-state index in [2.05, 4.69) is 0 Å². The first-order valence-electron chi connectivity index (χ1n) is 6.57. The number of imide groups is 1. The lowest BCUT2D eigenvalue weighted by Crippen LogP contribution is -2.30. The smallest absolute Gasteiger partial charge is 0.268 e. The molecular weight excluding hydrogens is 302 g/mol. The molecule has 1 aromatic carbocycles. The third kappa shape index (κ3) is 3.25. The van der Waals surface area contributed by atoms with Crippen LogP contribution in [-0.2, 0) is 11.2 Å². The van der Waals surface area contributed by atoms with E-state index in [1.165, 1.54) is 4.90 Å². The number of carbonyl (C=O) groups is 2. The Morgan fingerprint density at radius 3 is 2.57 bits per heavy atom. The van der Waals surface area contributed by atoms with Gasteiger partial charge in [0.1, 0.15) is 0 Å². The van der Waals surface area contributed by atoms with E-state index in [4.69, 9.17) is 0 Å². The quantitative estimate of drug-likeness (QED) is 0.800. The molecular formula is C16H13NO2S2. The number of carbonyl (C=O) groups excluding carboxylic acids is 2. The summed E-state index contributed by atoms with van der Waals surface area (Å²) in [7, 11) is 0. The topological polar surface area (TPSA) is 37.4 Å². The summed E-state index contributed by atoms with van der Waals surface area (Å²) < 4.78 is 0. The summed E-state index contributed by atoms with van der Waals surface area (Å²) in [6, 6.07) is 13.7. The van der Waals surface area contributed by atoms with Crippen LogP contribution in [0.5, 0.6) is 0 Å². The lowest BCUT2D eigenvalue weighted by molar-refractivity contribution is -0.122. The predicted molar refractivity (Wildman–Crippen MR) is 87.1 cm³/mol. The van der Waals surface area contributed by atoms with Crippen LogP contribution in [0.15, 0.2) is 52.7 Å². The van der Waals surface area contributed by atoms with E-state index in [0.29, 0.717) is 17.9 Å². The van der Waals surface area contributed by atoms with Gasteiger partial charge in [0.25, 0.3) is 11.1 Å². The minimum Gasteiger partial charge on any atom is -0.268 e. The normalized spacial score (nSPS) is 17.0. The summed E-state index contributed by atoms with van der Waals surface area (Å²) >= 11 is 2.57. The van der Waals surface area contributed by atoms with Gasteiger partial charge in [-0.25, -0.2) is 0 Å². The van der Waals surface area contributed by atoms with E-state index < -0.39 is 0 Å². The fourth-order valence-electron chi connectivity index (χ4n) is 2.08. The van der Waals surface area contributed by atoms with Crippen LogP contribution >= 0.6 is 23.1 Å². The van der Waals surface area contributed by atoms with Crippen molar-refractivity contribution in [2.75, 3.05) is 6.54 Å². The molecule has 106 valence electrons. The van der Waals surface area contributed by atoms with Crippen molar-refractivity contribution in [1.82, 2.24) is 4.90 Å². The number of benzene rings is 1. The first-order valence-corrected chi connectivity index (χ1v) is 8.26. The second kappa shape index (κ2) is 6.28. The van der Waals surface area contributed by atoms with Crippen molar-refractivity contribution >= 4 is 40.3 Å². The van der Waals surface area contributed by atoms with Gasteiger partial charge in [0, 0.05) is 11.4 Å². The van der Waals surface area contributed by atoms with Crippen LogP contribution in [0.3, 0.4) is 0 Å². The van der Waals surface area contributed by atoms with Gasteiger partial charge in [-0.2, -0.15) is 0 Å². The Morgan fingerprint density at radius 2 is 1.86 bits per heavy atom. The average molecular weight is 315 g/mol. The van der Waals surface area contributed by atoms with Gasteiger partial charge in [-0.05, 0) is 41.3 Å². The van der Waals surface area contributed by atoms with E-state index in [-0.39, 0.29) is 11.1 Å². The van der Waals surface area contributed by atoms with Crippen LogP contribution in [0, 0.1) is 0 Å². The zero-order valence-corrected chi connectivity index (χ0v) is 12.8. The minimum absolute atomic E-state index is 0.182. The Bertz CT molecular complexity index is 678. The van der Waals surface area contributed by atoms with Crippen LogP contribution in [0.2, 0.25) is 0 Å². The molecule has 1 aliphatic heterocycles. The van der Waals surface area contributed by atoms with Crippen molar-refractivity contribution in [3.05, 3.63) is 63.2 Å². The molecule has 1 aliphatic rings. The standard InChI is InChI=1S/C16H13NO2S2/c18-15-14(11-13-7-4-10-20-13)21-16(19)17(15)9-8-12-5-2-1-3-6-12/h1-7,10-11H,8-9H2/b14-11-. The van der Waals surface area contributed by atoms with Gasteiger partial charge in [0.15, 0.2) is 0 Å². The average Bonchev–Trinajstić information content (AvgIpc) is 3.09. The number of thiophene rings is 1. The molecule has 2 aromatic rings. The molecule has 0 spiro atoms. The van der Waals surface area contributed by atoms with Gasteiger partial charge >= 0.3 is 0 Å². The van der Waals surface area contributed by atoms with E-state index in [1.807, 2.05) is 47.8 Å². The van der Waals surface area contributed by atoms with Crippen molar-refractivity contribution < 1.29 is 9.59 Å². The monoisotopic (exact) mass is 315 g/mol. The lowest BCUT2D eigenvalue weighted by Gasteiger charge is -2.11. The summed E-state index contributed by atoms with van der Waals surface area (Å²) in [5.41, 5.74) is 1.12. The molecule has 0 atom stereocenters. The van der Waals surface area contributed by atoms with Crippen molar-refractivity contribution in [2.45, 2.75) is 6.42 Å². The Hall–Kier alpha value is -1.85. The SMILES string of the molecule is O=C1S/C(=C\c2cccs2)C(=O)N1CCc1ccccc1.